The predicted molar refractivity (Wildman–Crippen MR) is 76.9 cm³/mol. The van der Waals surface area contributed by atoms with Crippen molar-refractivity contribution in [2.45, 2.75) is 38.9 Å². The minimum Gasteiger partial charge on any atom is -0.492 e. The van der Waals surface area contributed by atoms with Gasteiger partial charge in [-0.15, -0.1) is 0 Å². The Morgan fingerprint density at radius 3 is 2.65 bits per heavy atom. The Morgan fingerprint density at radius 1 is 1.30 bits per heavy atom. The van der Waals surface area contributed by atoms with E-state index in [0.717, 1.165) is 29.5 Å². The van der Waals surface area contributed by atoms with E-state index < -0.39 is 12.6 Å². The molecule has 0 fully saturated rings. The molecule has 1 aromatic rings. The van der Waals surface area contributed by atoms with Gasteiger partial charge in [-0.2, -0.15) is 13.2 Å². The van der Waals surface area contributed by atoms with E-state index in [9.17, 15) is 13.2 Å². The maximum Gasteiger partial charge on any atom is 0.389 e. The predicted octanol–water partition coefficient (Wildman–Crippen LogP) is 4.67. The molecule has 1 N–H and O–H groups in total. The Labute approximate surface area is 125 Å². The van der Waals surface area contributed by atoms with Crippen molar-refractivity contribution < 1.29 is 17.9 Å². The van der Waals surface area contributed by atoms with E-state index in [4.69, 9.17) is 4.74 Å². The average Bonchev–Trinajstić information content (AvgIpc) is 2.36. The van der Waals surface area contributed by atoms with Crippen molar-refractivity contribution in [1.29, 1.82) is 0 Å². The summed E-state index contributed by atoms with van der Waals surface area (Å²) < 4.78 is 42.1. The summed E-state index contributed by atoms with van der Waals surface area (Å²) in [4.78, 5) is 0. The largest absolute Gasteiger partial charge is 0.492 e. The third-order valence-corrected chi connectivity index (χ3v) is 3.23. The van der Waals surface area contributed by atoms with Crippen LogP contribution < -0.4 is 10.1 Å². The fraction of sp³-hybridized carbons (Fsp3) is 0.571. The molecule has 0 aliphatic rings. The first-order chi connectivity index (χ1) is 9.42. The lowest BCUT2D eigenvalue weighted by Crippen LogP contribution is -2.13. The van der Waals surface area contributed by atoms with Crippen LogP contribution in [0, 0.1) is 0 Å². The lowest BCUT2D eigenvalue weighted by atomic mass is 10.2. The first-order valence-corrected chi connectivity index (χ1v) is 7.40. The van der Waals surface area contributed by atoms with Gasteiger partial charge in [0.2, 0.25) is 0 Å². The smallest absolute Gasteiger partial charge is 0.389 e. The van der Waals surface area contributed by atoms with E-state index in [2.05, 4.69) is 28.2 Å². The topological polar surface area (TPSA) is 21.3 Å². The lowest BCUT2D eigenvalue weighted by Gasteiger charge is -2.11. The highest BCUT2D eigenvalue weighted by molar-refractivity contribution is 9.10. The molecule has 2 nitrogen and oxygen atoms in total. The average molecular weight is 354 g/mol. The summed E-state index contributed by atoms with van der Waals surface area (Å²) in [5, 5.41) is 3.28. The highest BCUT2D eigenvalue weighted by Crippen LogP contribution is 2.27. The normalized spacial score (nSPS) is 11.7. The summed E-state index contributed by atoms with van der Waals surface area (Å²) in [5.74, 6) is 0.575. The van der Waals surface area contributed by atoms with Crippen molar-refractivity contribution in [1.82, 2.24) is 5.32 Å². The number of halogens is 4. The monoisotopic (exact) mass is 353 g/mol. The van der Waals surface area contributed by atoms with Crippen molar-refractivity contribution in [3.05, 3.63) is 28.2 Å². The SMILES string of the molecule is CCCNCc1ccc(OCCCC(F)(F)F)c(Br)c1. The van der Waals surface area contributed by atoms with Gasteiger partial charge in [-0.1, -0.05) is 13.0 Å². The lowest BCUT2D eigenvalue weighted by molar-refractivity contribution is -0.136. The molecular weight excluding hydrogens is 335 g/mol. The van der Waals surface area contributed by atoms with Gasteiger partial charge in [-0.05, 0) is 53.0 Å². The molecule has 6 heteroatoms. The van der Waals surface area contributed by atoms with Gasteiger partial charge in [0.05, 0.1) is 11.1 Å². The van der Waals surface area contributed by atoms with E-state index >= 15 is 0 Å². The Kier molecular flexibility index (Phi) is 7.37. The van der Waals surface area contributed by atoms with Gasteiger partial charge in [0.25, 0.3) is 0 Å². The molecule has 20 heavy (non-hydrogen) atoms. The zero-order chi connectivity index (χ0) is 15.0. The summed E-state index contributed by atoms with van der Waals surface area (Å²) >= 11 is 3.37. The first kappa shape index (κ1) is 17.3. The summed E-state index contributed by atoms with van der Waals surface area (Å²) in [7, 11) is 0. The van der Waals surface area contributed by atoms with E-state index in [0.29, 0.717) is 5.75 Å². The van der Waals surface area contributed by atoms with Crippen molar-refractivity contribution in [2.75, 3.05) is 13.2 Å². The van der Waals surface area contributed by atoms with Gasteiger partial charge in [-0.3, -0.25) is 0 Å². The number of benzene rings is 1. The zero-order valence-electron chi connectivity index (χ0n) is 11.4. The Hall–Kier alpha value is -0.750. The van der Waals surface area contributed by atoms with Crippen LogP contribution in [0.15, 0.2) is 22.7 Å². The van der Waals surface area contributed by atoms with Crippen LogP contribution in [0.5, 0.6) is 5.75 Å². The molecule has 0 saturated heterocycles. The van der Waals surface area contributed by atoms with Gasteiger partial charge in [-0.25, -0.2) is 0 Å². The van der Waals surface area contributed by atoms with Crippen molar-refractivity contribution >= 4 is 15.9 Å². The third-order valence-electron chi connectivity index (χ3n) is 2.61. The molecule has 1 aromatic carbocycles. The summed E-state index contributed by atoms with van der Waals surface area (Å²) in [5.41, 5.74) is 1.10. The first-order valence-electron chi connectivity index (χ1n) is 6.61. The number of rotatable bonds is 8. The molecule has 0 spiro atoms. The number of hydrogen-bond acceptors (Lipinski definition) is 2. The van der Waals surface area contributed by atoms with Crippen LogP contribution in [0.2, 0.25) is 0 Å². The van der Waals surface area contributed by atoms with Crippen LogP contribution in [0.25, 0.3) is 0 Å². The standard InChI is InChI=1S/C14H19BrF3NO/c1-2-7-19-10-11-4-5-13(12(15)9-11)20-8-3-6-14(16,17)18/h4-5,9,19H,2-3,6-8,10H2,1H3. The highest BCUT2D eigenvalue weighted by Gasteiger charge is 2.26. The fourth-order valence-corrected chi connectivity index (χ4v) is 2.18. The molecule has 0 saturated carbocycles. The molecule has 0 unspecified atom stereocenters. The van der Waals surface area contributed by atoms with Gasteiger partial charge in [0, 0.05) is 13.0 Å². The van der Waals surface area contributed by atoms with E-state index in [1.54, 1.807) is 6.07 Å². The number of hydrogen-bond donors (Lipinski definition) is 1. The second kappa shape index (κ2) is 8.52. The molecule has 0 amide bonds. The van der Waals surface area contributed by atoms with Crippen molar-refractivity contribution in [3.63, 3.8) is 0 Å². The van der Waals surface area contributed by atoms with Gasteiger partial charge >= 0.3 is 6.18 Å². The molecule has 0 aromatic heterocycles. The molecule has 0 atom stereocenters. The summed E-state index contributed by atoms with van der Waals surface area (Å²) in [6, 6.07) is 5.61. The molecule has 0 aliphatic heterocycles. The molecule has 0 radical (unpaired) electrons. The quantitative estimate of drug-likeness (QED) is 0.685. The second-order valence-electron chi connectivity index (χ2n) is 4.51. The third kappa shape index (κ3) is 7.14. The number of nitrogens with one attached hydrogen (secondary N) is 1. The minimum atomic E-state index is -4.12. The summed E-state index contributed by atoms with van der Waals surface area (Å²) in [6.07, 6.45) is -3.89. The van der Waals surface area contributed by atoms with Crippen molar-refractivity contribution in [2.24, 2.45) is 0 Å². The molecule has 0 heterocycles. The van der Waals surface area contributed by atoms with Crippen LogP contribution in [-0.4, -0.2) is 19.3 Å². The van der Waals surface area contributed by atoms with Crippen LogP contribution in [0.1, 0.15) is 31.7 Å². The fourth-order valence-electron chi connectivity index (χ4n) is 1.64. The molecule has 0 bridgehead atoms. The highest BCUT2D eigenvalue weighted by atomic mass is 79.9. The zero-order valence-corrected chi connectivity index (χ0v) is 13.0. The molecule has 114 valence electrons. The number of alkyl halides is 3. The van der Waals surface area contributed by atoms with Gasteiger partial charge < -0.3 is 10.1 Å². The van der Waals surface area contributed by atoms with Gasteiger partial charge in [0.1, 0.15) is 5.75 Å². The Bertz CT molecular complexity index is 410. The van der Waals surface area contributed by atoms with Crippen LogP contribution in [0.4, 0.5) is 13.2 Å². The van der Waals surface area contributed by atoms with Crippen molar-refractivity contribution in [3.8, 4) is 5.75 Å². The summed E-state index contributed by atoms with van der Waals surface area (Å²) in [6.45, 7) is 3.88. The number of ether oxygens (including phenoxy) is 1. The maximum absolute atomic E-state index is 12.0. The Morgan fingerprint density at radius 2 is 2.05 bits per heavy atom. The second-order valence-corrected chi connectivity index (χ2v) is 5.36. The van der Waals surface area contributed by atoms with E-state index in [-0.39, 0.29) is 13.0 Å². The van der Waals surface area contributed by atoms with Crippen LogP contribution in [0.3, 0.4) is 0 Å². The molecule has 1 rings (SSSR count). The van der Waals surface area contributed by atoms with Gasteiger partial charge in [0.15, 0.2) is 0 Å². The van der Waals surface area contributed by atoms with E-state index in [1.807, 2.05) is 12.1 Å². The molecular formula is C14H19BrF3NO. The minimum absolute atomic E-state index is 0.0320. The van der Waals surface area contributed by atoms with Crippen LogP contribution in [-0.2, 0) is 6.54 Å². The van der Waals surface area contributed by atoms with E-state index in [1.165, 1.54) is 0 Å². The Balaban J connectivity index is 2.39. The van der Waals surface area contributed by atoms with Crippen LogP contribution >= 0.6 is 15.9 Å². The molecule has 0 aliphatic carbocycles. The maximum atomic E-state index is 12.0.